The first-order valence-corrected chi connectivity index (χ1v) is 9.62. The Kier molecular flexibility index (Phi) is 4.57. The average molecular weight is 262 g/mol. The normalized spacial score (nSPS) is 12.4. The van der Waals surface area contributed by atoms with Gasteiger partial charge in [0, 0.05) is 0 Å². The SMILES string of the molecule is [CH3][Al]([CH3])[O]c1c(C(C)(C)C)cccc1C(C)(C)C. The second kappa shape index (κ2) is 5.27. The van der Waals surface area contributed by atoms with Crippen LogP contribution in [0.4, 0.5) is 0 Å². The lowest BCUT2D eigenvalue weighted by Gasteiger charge is -2.31. The maximum absolute atomic E-state index is 6.27. The van der Waals surface area contributed by atoms with Crippen LogP contribution in [0.5, 0.6) is 5.75 Å². The molecule has 0 radical (unpaired) electrons. The molecule has 100 valence electrons. The molecule has 18 heavy (non-hydrogen) atoms. The first-order chi connectivity index (χ1) is 8.03. The molecule has 0 saturated heterocycles. The Hall–Kier alpha value is -0.448. The van der Waals surface area contributed by atoms with Gasteiger partial charge < -0.3 is 3.79 Å². The fourth-order valence-electron chi connectivity index (χ4n) is 2.08. The van der Waals surface area contributed by atoms with Crippen LogP contribution in [0.15, 0.2) is 18.2 Å². The van der Waals surface area contributed by atoms with Crippen molar-refractivity contribution < 1.29 is 3.79 Å². The van der Waals surface area contributed by atoms with Gasteiger partial charge in [-0.05, 0) is 22.0 Å². The Balaban J connectivity index is 3.45. The third kappa shape index (κ3) is 3.77. The largest absolute Gasteiger partial charge is 0.642 e. The number of hydrogen-bond acceptors (Lipinski definition) is 1. The Morgan fingerprint density at radius 1 is 0.833 bits per heavy atom. The van der Waals surface area contributed by atoms with Gasteiger partial charge in [0.25, 0.3) is 0 Å². The lowest BCUT2D eigenvalue weighted by molar-refractivity contribution is 0.488. The third-order valence-electron chi connectivity index (χ3n) is 2.98. The molecular weight excluding hydrogens is 235 g/mol. The molecule has 1 nitrogen and oxygen atoms in total. The molecule has 0 fully saturated rings. The summed E-state index contributed by atoms with van der Waals surface area (Å²) in [5.74, 6) is 5.59. The van der Waals surface area contributed by atoms with Crippen LogP contribution in [0.1, 0.15) is 52.7 Å². The van der Waals surface area contributed by atoms with Crippen molar-refractivity contribution in [3.05, 3.63) is 29.3 Å². The highest BCUT2D eigenvalue weighted by Crippen LogP contribution is 2.39. The van der Waals surface area contributed by atoms with Gasteiger partial charge in [-0.2, -0.15) is 0 Å². The highest BCUT2D eigenvalue weighted by molar-refractivity contribution is 6.49. The Morgan fingerprint density at radius 3 is 1.50 bits per heavy atom. The zero-order valence-corrected chi connectivity index (χ0v) is 14.4. The first-order valence-electron chi connectivity index (χ1n) is 6.84. The van der Waals surface area contributed by atoms with Crippen molar-refractivity contribution in [1.29, 1.82) is 0 Å². The van der Waals surface area contributed by atoms with E-state index in [0.717, 1.165) is 5.75 Å². The van der Waals surface area contributed by atoms with Gasteiger partial charge >= 0.3 is 14.5 Å². The number of benzene rings is 1. The van der Waals surface area contributed by atoms with E-state index in [2.05, 4.69) is 71.3 Å². The monoisotopic (exact) mass is 262 g/mol. The van der Waals surface area contributed by atoms with Crippen molar-refractivity contribution >= 4 is 14.5 Å². The van der Waals surface area contributed by atoms with E-state index >= 15 is 0 Å². The lowest BCUT2D eigenvalue weighted by atomic mass is 9.80. The molecule has 0 N–H and O–H groups in total. The smallest absolute Gasteiger partial charge is 0.540 e. The van der Waals surface area contributed by atoms with E-state index in [1.807, 2.05) is 0 Å². The quantitative estimate of drug-likeness (QED) is 0.688. The van der Waals surface area contributed by atoms with Gasteiger partial charge in [0.05, 0.1) is 5.75 Å². The third-order valence-corrected chi connectivity index (χ3v) is 3.69. The Bertz CT molecular complexity index is 376. The van der Waals surface area contributed by atoms with Crippen molar-refractivity contribution in [2.75, 3.05) is 0 Å². The molecule has 0 spiro atoms. The molecule has 0 aliphatic rings. The van der Waals surface area contributed by atoms with E-state index in [9.17, 15) is 0 Å². The van der Waals surface area contributed by atoms with Crippen molar-refractivity contribution in [3.8, 4) is 5.75 Å². The van der Waals surface area contributed by atoms with Crippen molar-refractivity contribution in [3.63, 3.8) is 0 Å². The fourth-order valence-corrected chi connectivity index (χ4v) is 2.81. The van der Waals surface area contributed by atoms with Crippen LogP contribution >= 0.6 is 0 Å². The van der Waals surface area contributed by atoms with E-state index in [-0.39, 0.29) is 10.8 Å². The number of rotatable bonds is 2. The molecule has 0 aliphatic heterocycles. The minimum Gasteiger partial charge on any atom is -0.642 e. The number of hydrogen-bond donors (Lipinski definition) is 0. The standard InChI is InChI=1S/C14H22O.2CH3.Al/c1-13(2,3)10-8-7-9-11(12(10)15)14(4,5)6;;;/h7-9,15H,1-6H3;2*1H3;/q;;;+1/p-1. The Morgan fingerprint density at radius 2 is 1.22 bits per heavy atom. The fraction of sp³-hybridized carbons (Fsp3) is 0.625. The van der Waals surface area contributed by atoms with Crippen LogP contribution in [0.3, 0.4) is 0 Å². The highest BCUT2D eigenvalue weighted by Gasteiger charge is 2.27. The van der Waals surface area contributed by atoms with Crippen molar-refractivity contribution in [1.82, 2.24) is 0 Å². The zero-order valence-electron chi connectivity index (χ0n) is 13.2. The minimum atomic E-state index is -1.10. The van der Waals surface area contributed by atoms with Crippen molar-refractivity contribution in [2.24, 2.45) is 0 Å². The van der Waals surface area contributed by atoms with Crippen LogP contribution in [0.25, 0.3) is 0 Å². The van der Waals surface area contributed by atoms with Gasteiger partial charge in [-0.25, -0.2) is 0 Å². The second-order valence-electron chi connectivity index (χ2n) is 7.35. The predicted molar refractivity (Wildman–Crippen MR) is 82.0 cm³/mol. The van der Waals surface area contributed by atoms with E-state index in [4.69, 9.17) is 3.79 Å². The van der Waals surface area contributed by atoms with E-state index in [0.29, 0.717) is 0 Å². The zero-order chi connectivity index (χ0) is 14.1. The summed E-state index contributed by atoms with van der Waals surface area (Å²) >= 11 is -1.10. The molecule has 2 heteroatoms. The van der Waals surface area contributed by atoms with Gasteiger partial charge in [-0.15, -0.1) is 0 Å². The van der Waals surface area contributed by atoms with Crippen LogP contribution in [0, 0.1) is 0 Å². The summed E-state index contributed by atoms with van der Waals surface area (Å²) in [6, 6.07) is 6.58. The first kappa shape index (κ1) is 15.6. The summed E-state index contributed by atoms with van der Waals surface area (Å²) in [7, 11) is 0. The average Bonchev–Trinajstić information content (AvgIpc) is 2.13. The second-order valence-corrected chi connectivity index (χ2v) is 9.68. The molecule has 0 heterocycles. The Labute approximate surface area is 117 Å². The van der Waals surface area contributed by atoms with Gasteiger partial charge in [-0.1, -0.05) is 71.3 Å². The molecule has 0 bridgehead atoms. The van der Waals surface area contributed by atoms with Crippen LogP contribution in [0.2, 0.25) is 11.6 Å². The highest BCUT2D eigenvalue weighted by atomic mass is 27.2. The van der Waals surface area contributed by atoms with Gasteiger partial charge in [0.15, 0.2) is 0 Å². The topological polar surface area (TPSA) is 9.23 Å². The summed E-state index contributed by atoms with van der Waals surface area (Å²) in [5.41, 5.74) is 2.91. The summed E-state index contributed by atoms with van der Waals surface area (Å²) in [4.78, 5) is 0. The van der Waals surface area contributed by atoms with Crippen LogP contribution in [-0.2, 0) is 10.8 Å². The molecule has 0 aromatic heterocycles. The van der Waals surface area contributed by atoms with Crippen molar-refractivity contribution in [2.45, 2.75) is 63.9 Å². The van der Waals surface area contributed by atoms with Gasteiger partial charge in [0.2, 0.25) is 0 Å². The summed E-state index contributed by atoms with van der Waals surface area (Å²) in [5, 5.41) is 0. The van der Waals surface area contributed by atoms with E-state index in [1.165, 1.54) is 11.1 Å². The van der Waals surface area contributed by atoms with E-state index in [1.54, 1.807) is 0 Å². The number of para-hydroxylation sites is 1. The van der Waals surface area contributed by atoms with Crippen LogP contribution < -0.4 is 3.79 Å². The molecule has 0 atom stereocenters. The molecule has 0 amide bonds. The molecular formula is C16H27AlO. The minimum absolute atomic E-state index is 0.125. The lowest BCUT2D eigenvalue weighted by Crippen LogP contribution is -2.23. The van der Waals surface area contributed by atoms with Gasteiger partial charge in [-0.3, -0.25) is 0 Å². The summed E-state index contributed by atoms with van der Waals surface area (Å²) in [6.45, 7) is 13.5. The summed E-state index contributed by atoms with van der Waals surface area (Å²) < 4.78 is 6.27. The maximum atomic E-state index is 6.27. The molecule has 0 saturated carbocycles. The molecule has 1 rings (SSSR count). The van der Waals surface area contributed by atoms with E-state index < -0.39 is 14.5 Å². The maximum Gasteiger partial charge on any atom is 0.540 e. The molecule has 0 aliphatic carbocycles. The molecule has 0 unspecified atom stereocenters. The van der Waals surface area contributed by atoms with Gasteiger partial charge in [0.1, 0.15) is 0 Å². The predicted octanol–water partition coefficient (Wildman–Crippen LogP) is 4.91. The molecule has 1 aromatic rings. The molecule has 1 aromatic carbocycles. The van der Waals surface area contributed by atoms with Crippen LogP contribution in [-0.4, -0.2) is 14.5 Å². The summed E-state index contributed by atoms with van der Waals surface area (Å²) in [6.07, 6.45) is 0.